The zero-order valence-electron chi connectivity index (χ0n) is 7.32. The molecule has 1 aromatic rings. The summed E-state index contributed by atoms with van der Waals surface area (Å²) in [4.78, 5) is 0. The molecule has 0 bridgehead atoms. The van der Waals surface area contributed by atoms with E-state index < -0.39 is 34.9 Å². The maximum Gasteiger partial charge on any atom is 0.197 e. The third kappa shape index (κ3) is 1.72. The second-order valence-corrected chi connectivity index (χ2v) is 2.81. The number of halogens is 4. The van der Waals surface area contributed by atoms with Crippen molar-refractivity contribution in [1.29, 1.82) is 0 Å². The summed E-state index contributed by atoms with van der Waals surface area (Å²) < 4.78 is 50.7. The average Bonchev–Trinajstić information content (AvgIpc) is 2.19. The van der Waals surface area contributed by atoms with Crippen LogP contribution in [0.3, 0.4) is 0 Å². The Kier molecular flexibility index (Phi) is 3.10. The molecule has 0 aliphatic rings. The highest BCUT2D eigenvalue weighted by molar-refractivity contribution is 5.23. The second-order valence-electron chi connectivity index (χ2n) is 2.81. The van der Waals surface area contributed by atoms with Gasteiger partial charge in [0.25, 0.3) is 0 Å². The Bertz CT molecular complexity index is 351. The van der Waals surface area contributed by atoms with E-state index >= 15 is 0 Å². The molecule has 0 spiro atoms. The molecule has 78 valence electrons. The lowest BCUT2D eigenvalue weighted by Crippen LogP contribution is -2.05. The fourth-order valence-corrected chi connectivity index (χ4v) is 1.05. The van der Waals surface area contributed by atoms with Crippen molar-refractivity contribution >= 4 is 0 Å². The van der Waals surface area contributed by atoms with Gasteiger partial charge in [0.15, 0.2) is 23.3 Å². The number of aliphatic hydroxyl groups is 1. The summed E-state index contributed by atoms with van der Waals surface area (Å²) in [5.41, 5.74) is -0.566. The van der Waals surface area contributed by atoms with Crippen molar-refractivity contribution in [3.05, 3.63) is 34.9 Å². The first-order valence-electron chi connectivity index (χ1n) is 4.00. The van der Waals surface area contributed by atoms with Crippen LogP contribution in [0.1, 0.15) is 25.0 Å². The zero-order chi connectivity index (χ0) is 10.9. The first-order valence-corrected chi connectivity index (χ1v) is 4.00. The Morgan fingerprint density at radius 1 is 1.14 bits per heavy atom. The van der Waals surface area contributed by atoms with Crippen molar-refractivity contribution in [3.63, 3.8) is 0 Å². The lowest BCUT2D eigenvalue weighted by atomic mass is 10.1. The molecular weight excluding hydrogens is 200 g/mol. The van der Waals surface area contributed by atoms with Gasteiger partial charge in [-0.25, -0.2) is 17.6 Å². The van der Waals surface area contributed by atoms with Gasteiger partial charge in [-0.15, -0.1) is 0 Å². The SMILES string of the molecule is CCC(O)c1cc(F)c(F)c(F)c1F. The van der Waals surface area contributed by atoms with Crippen molar-refractivity contribution in [2.75, 3.05) is 0 Å². The number of benzene rings is 1. The van der Waals surface area contributed by atoms with E-state index in [0.717, 1.165) is 0 Å². The summed E-state index contributed by atoms with van der Waals surface area (Å²) in [5, 5.41) is 9.15. The van der Waals surface area contributed by atoms with E-state index in [0.29, 0.717) is 6.07 Å². The molecule has 0 saturated heterocycles. The highest BCUT2D eigenvalue weighted by Crippen LogP contribution is 2.25. The van der Waals surface area contributed by atoms with E-state index in [1.54, 1.807) is 0 Å². The van der Waals surface area contributed by atoms with Gasteiger partial charge in [0.2, 0.25) is 0 Å². The summed E-state index contributed by atoms with van der Waals surface area (Å²) in [7, 11) is 0. The Morgan fingerprint density at radius 2 is 1.71 bits per heavy atom. The molecule has 0 aromatic heterocycles. The summed E-state index contributed by atoms with van der Waals surface area (Å²) in [5.74, 6) is -6.81. The molecule has 0 aliphatic heterocycles. The molecule has 1 atom stereocenters. The molecule has 14 heavy (non-hydrogen) atoms. The summed E-state index contributed by atoms with van der Waals surface area (Å²) >= 11 is 0. The van der Waals surface area contributed by atoms with Gasteiger partial charge in [-0.1, -0.05) is 6.92 Å². The predicted molar refractivity (Wildman–Crippen MR) is 41.5 cm³/mol. The Morgan fingerprint density at radius 3 is 2.21 bits per heavy atom. The fraction of sp³-hybridized carbons (Fsp3) is 0.333. The van der Waals surface area contributed by atoms with Crippen molar-refractivity contribution in [2.45, 2.75) is 19.4 Å². The molecule has 1 aromatic carbocycles. The minimum absolute atomic E-state index is 0.0848. The molecule has 0 saturated carbocycles. The van der Waals surface area contributed by atoms with Gasteiger partial charge in [0, 0.05) is 5.56 Å². The Labute approximate surface area is 78.0 Å². The quantitative estimate of drug-likeness (QED) is 0.450. The van der Waals surface area contributed by atoms with E-state index in [1.807, 2.05) is 0 Å². The van der Waals surface area contributed by atoms with Crippen LogP contribution in [0.25, 0.3) is 0 Å². The van der Waals surface area contributed by atoms with Crippen LogP contribution in [0.5, 0.6) is 0 Å². The molecule has 0 aliphatic carbocycles. The van der Waals surface area contributed by atoms with E-state index in [1.165, 1.54) is 6.92 Å². The van der Waals surface area contributed by atoms with Crippen molar-refractivity contribution in [1.82, 2.24) is 0 Å². The summed E-state index contributed by atoms with van der Waals surface area (Å²) in [6, 6.07) is 0.460. The molecule has 0 amide bonds. The molecule has 1 nitrogen and oxygen atoms in total. The van der Waals surface area contributed by atoms with Crippen LogP contribution in [0, 0.1) is 23.3 Å². The third-order valence-corrected chi connectivity index (χ3v) is 1.88. The first-order chi connectivity index (χ1) is 6.49. The van der Waals surface area contributed by atoms with Crippen LogP contribution in [0.15, 0.2) is 6.07 Å². The van der Waals surface area contributed by atoms with Gasteiger partial charge in [-0.3, -0.25) is 0 Å². The van der Waals surface area contributed by atoms with Crippen LogP contribution in [-0.4, -0.2) is 5.11 Å². The van der Waals surface area contributed by atoms with Crippen molar-refractivity contribution in [2.24, 2.45) is 0 Å². The largest absolute Gasteiger partial charge is 0.388 e. The van der Waals surface area contributed by atoms with Gasteiger partial charge in [-0.05, 0) is 12.5 Å². The molecule has 0 heterocycles. The monoisotopic (exact) mass is 208 g/mol. The van der Waals surface area contributed by atoms with Crippen LogP contribution in [0.2, 0.25) is 0 Å². The van der Waals surface area contributed by atoms with E-state index in [2.05, 4.69) is 0 Å². The maximum atomic E-state index is 12.9. The van der Waals surface area contributed by atoms with Crippen molar-refractivity contribution < 1.29 is 22.7 Å². The number of hydrogen-bond acceptors (Lipinski definition) is 1. The van der Waals surface area contributed by atoms with Crippen LogP contribution < -0.4 is 0 Å². The topological polar surface area (TPSA) is 20.2 Å². The Hall–Kier alpha value is -1.10. The van der Waals surface area contributed by atoms with Gasteiger partial charge in [0.05, 0.1) is 6.10 Å². The zero-order valence-corrected chi connectivity index (χ0v) is 7.32. The van der Waals surface area contributed by atoms with Crippen LogP contribution >= 0.6 is 0 Å². The predicted octanol–water partition coefficient (Wildman–Crippen LogP) is 2.69. The molecule has 1 unspecified atom stereocenters. The van der Waals surface area contributed by atoms with Crippen molar-refractivity contribution in [3.8, 4) is 0 Å². The van der Waals surface area contributed by atoms with Crippen LogP contribution in [-0.2, 0) is 0 Å². The lowest BCUT2D eigenvalue weighted by Gasteiger charge is -2.10. The van der Waals surface area contributed by atoms with Gasteiger partial charge in [0.1, 0.15) is 0 Å². The third-order valence-electron chi connectivity index (χ3n) is 1.88. The highest BCUT2D eigenvalue weighted by Gasteiger charge is 2.21. The van der Waals surface area contributed by atoms with Crippen LogP contribution in [0.4, 0.5) is 17.6 Å². The molecule has 5 heteroatoms. The normalized spacial score (nSPS) is 13.0. The smallest absolute Gasteiger partial charge is 0.197 e. The molecule has 0 fully saturated rings. The second kappa shape index (κ2) is 3.96. The molecular formula is C9H8F4O. The number of rotatable bonds is 2. The van der Waals surface area contributed by atoms with E-state index in [-0.39, 0.29) is 6.42 Å². The number of aliphatic hydroxyl groups excluding tert-OH is 1. The van der Waals surface area contributed by atoms with Gasteiger partial charge >= 0.3 is 0 Å². The minimum atomic E-state index is -1.90. The summed E-state index contributed by atoms with van der Waals surface area (Å²) in [6.07, 6.45) is -1.25. The molecule has 1 N–H and O–H groups in total. The minimum Gasteiger partial charge on any atom is -0.388 e. The number of hydrogen-bond donors (Lipinski definition) is 1. The maximum absolute atomic E-state index is 12.9. The first kappa shape index (κ1) is 11.0. The standard InChI is InChI=1S/C9H8F4O/c1-2-6(14)4-3-5(10)8(12)9(13)7(4)11/h3,6,14H,2H2,1H3. The lowest BCUT2D eigenvalue weighted by molar-refractivity contribution is 0.166. The molecule has 0 radical (unpaired) electrons. The van der Waals surface area contributed by atoms with Gasteiger partial charge in [-0.2, -0.15) is 0 Å². The van der Waals surface area contributed by atoms with E-state index in [9.17, 15) is 17.6 Å². The summed E-state index contributed by atoms with van der Waals surface area (Å²) in [6.45, 7) is 1.50. The molecule has 1 rings (SSSR count). The van der Waals surface area contributed by atoms with E-state index in [4.69, 9.17) is 5.11 Å². The Balaban J connectivity index is 3.33. The highest BCUT2D eigenvalue weighted by atomic mass is 19.2. The average molecular weight is 208 g/mol. The fourth-order valence-electron chi connectivity index (χ4n) is 1.05. The van der Waals surface area contributed by atoms with Gasteiger partial charge < -0.3 is 5.11 Å².